The molecule has 1 fully saturated rings. The third-order valence-corrected chi connectivity index (χ3v) is 5.91. The van der Waals surface area contributed by atoms with E-state index in [1.165, 1.54) is 10.9 Å². The standard InChI is InChI=1S/C23H19F2N9O3/c24-14-6-18(22(37)31-23-27-8-15(25)9-28-23)33(10-14)19(35)11-34-17-2-1-12(13-3-4-29-30-7-13)5-16(17)20(32-34)21(26)36/h1-5,7-9,14,18H,6,10-11H2,(H2,26,36)(H,27,28,31,37)/t14-,18+/m1/s1. The van der Waals surface area contributed by atoms with E-state index in [-0.39, 0.29) is 31.2 Å². The van der Waals surface area contributed by atoms with Gasteiger partial charge in [-0.05, 0) is 23.8 Å². The van der Waals surface area contributed by atoms with Crippen LogP contribution < -0.4 is 11.1 Å². The fourth-order valence-corrected chi connectivity index (χ4v) is 4.22. The lowest BCUT2D eigenvalue weighted by Gasteiger charge is -2.23. The third-order valence-electron chi connectivity index (χ3n) is 5.91. The smallest absolute Gasteiger partial charge is 0.269 e. The van der Waals surface area contributed by atoms with Gasteiger partial charge in [0, 0.05) is 17.4 Å². The Morgan fingerprint density at radius 1 is 1.08 bits per heavy atom. The Morgan fingerprint density at radius 2 is 1.86 bits per heavy atom. The summed E-state index contributed by atoms with van der Waals surface area (Å²) in [6, 6.07) is 5.75. The van der Waals surface area contributed by atoms with E-state index in [2.05, 4.69) is 30.6 Å². The predicted octanol–water partition coefficient (Wildman–Crippen LogP) is 1.10. The molecule has 188 valence electrons. The van der Waals surface area contributed by atoms with Gasteiger partial charge in [0.2, 0.25) is 17.8 Å². The van der Waals surface area contributed by atoms with Gasteiger partial charge in [0.25, 0.3) is 5.91 Å². The van der Waals surface area contributed by atoms with Gasteiger partial charge in [0.05, 0.1) is 36.8 Å². The Hall–Kier alpha value is -4.88. The number of fused-ring (bicyclic) bond motifs is 1. The van der Waals surface area contributed by atoms with Crippen molar-refractivity contribution in [3.05, 3.63) is 60.6 Å². The summed E-state index contributed by atoms with van der Waals surface area (Å²) in [5, 5.41) is 14.6. The summed E-state index contributed by atoms with van der Waals surface area (Å²) in [6.45, 7) is -0.675. The first kappa shape index (κ1) is 23.8. The van der Waals surface area contributed by atoms with Crippen molar-refractivity contribution in [3.8, 4) is 11.1 Å². The summed E-state index contributed by atoms with van der Waals surface area (Å²) in [4.78, 5) is 46.4. The van der Waals surface area contributed by atoms with Gasteiger partial charge >= 0.3 is 0 Å². The van der Waals surface area contributed by atoms with Crippen molar-refractivity contribution in [2.24, 2.45) is 5.73 Å². The van der Waals surface area contributed by atoms with E-state index >= 15 is 0 Å². The van der Waals surface area contributed by atoms with Gasteiger partial charge < -0.3 is 10.6 Å². The second kappa shape index (κ2) is 9.64. The van der Waals surface area contributed by atoms with Crippen molar-refractivity contribution in [2.75, 3.05) is 11.9 Å². The minimum atomic E-state index is -1.43. The maximum Gasteiger partial charge on any atom is 0.269 e. The molecule has 14 heteroatoms. The Morgan fingerprint density at radius 3 is 2.57 bits per heavy atom. The predicted molar refractivity (Wildman–Crippen MR) is 125 cm³/mol. The number of benzene rings is 1. The van der Waals surface area contributed by atoms with Gasteiger partial charge in [-0.2, -0.15) is 15.3 Å². The van der Waals surface area contributed by atoms with Crippen LogP contribution >= 0.6 is 0 Å². The molecule has 0 bridgehead atoms. The molecular formula is C23H19F2N9O3. The molecule has 0 unspecified atom stereocenters. The molecule has 2 atom stereocenters. The second-order valence-electron chi connectivity index (χ2n) is 8.34. The second-order valence-corrected chi connectivity index (χ2v) is 8.34. The van der Waals surface area contributed by atoms with E-state index in [1.54, 1.807) is 30.5 Å². The van der Waals surface area contributed by atoms with Crippen LogP contribution in [0, 0.1) is 5.82 Å². The van der Waals surface area contributed by atoms with Crippen LogP contribution in [0.25, 0.3) is 22.0 Å². The molecule has 12 nitrogen and oxygen atoms in total. The number of rotatable bonds is 6. The molecule has 0 aliphatic carbocycles. The topological polar surface area (TPSA) is 162 Å². The van der Waals surface area contributed by atoms with Crippen molar-refractivity contribution in [1.29, 1.82) is 0 Å². The van der Waals surface area contributed by atoms with E-state index in [0.29, 0.717) is 10.9 Å². The average Bonchev–Trinajstić information content (AvgIpc) is 3.46. The number of alkyl halides is 1. The van der Waals surface area contributed by atoms with Gasteiger partial charge in [0.15, 0.2) is 11.5 Å². The van der Waals surface area contributed by atoms with Crippen molar-refractivity contribution >= 4 is 34.6 Å². The Kier molecular flexibility index (Phi) is 6.21. The summed E-state index contributed by atoms with van der Waals surface area (Å²) >= 11 is 0. The summed E-state index contributed by atoms with van der Waals surface area (Å²) in [5.74, 6) is -2.96. The number of carbonyl (C=O) groups is 3. The normalized spacial score (nSPS) is 17.2. The molecule has 5 rings (SSSR count). The average molecular weight is 507 g/mol. The number of hydrogen-bond donors (Lipinski definition) is 2. The zero-order chi connectivity index (χ0) is 26.1. The number of primary amides is 1. The lowest BCUT2D eigenvalue weighted by atomic mass is 10.0. The number of hydrogen-bond acceptors (Lipinski definition) is 8. The number of nitrogens with two attached hydrogens (primary N) is 1. The van der Waals surface area contributed by atoms with E-state index in [9.17, 15) is 23.2 Å². The quantitative estimate of drug-likeness (QED) is 0.392. The highest BCUT2D eigenvalue weighted by molar-refractivity contribution is 6.05. The molecule has 0 radical (unpaired) electrons. The maximum absolute atomic E-state index is 14.3. The number of aromatic nitrogens is 6. The van der Waals surface area contributed by atoms with Crippen LogP contribution in [0.1, 0.15) is 16.9 Å². The summed E-state index contributed by atoms with van der Waals surface area (Å²) in [7, 11) is 0. The number of halogens is 2. The largest absolute Gasteiger partial charge is 0.364 e. The summed E-state index contributed by atoms with van der Waals surface area (Å²) in [6.07, 6.45) is 3.17. The molecule has 1 aromatic carbocycles. The first-order valence-electron chi connectivity index (χ1n) is 11.1. The monoisotopic (exact) mass is 507 g/mol. The number of carbonyl (C=O) groups excluding carboxylic acids is 3. The Balaban J connectivity index is 1.40. The van der Waals surface area contributed by atoms with Crippen LogP contribution in [0.2, 0.25) is 0 Å². The number of nitrogens with zero attached hydrogens (tertiary/aromatic N) is 7. The fraction of sp³-hybridized carbons (Fsp3) is 0.217. The van der Waals surface area contributed by atoms with E-state index in [0.717, 1.165) is 28.4 Å². The van der Waals surface area contributed by atoms with E-state index in [1.807, 2.05) is 0 Å². The first-order chi connectivity index (χ1) is 17.8. The SMILES string of the molecule is NC(=O)c1nn(CC(=O)N2C[C@H](F)C[C@H]2C(=O)Nc2ncc(F)cn2)c2ccc(-c3ccnnc3)cc12. The van der Waals surface area contributed by atoms with Crippen LogP contribution in [0.3, 0.4) is 0 Å². The van der Waals surface area contributed by atoms with Gasteiger partial charge in [-0.25, -0.2) is 18.7 Å². The van der Waals surface area contributed by atoms with E-state index < -0.39 is 35.8 Å². The molecule has 3 aromatic heterocycles. The molecule has 1 saturated heterocycles. The van der Waals surface area contributed by atoms with E-state index in [4.69, 9.17) is 5.73 Å². The van der Waals surface area contributed by atoms with Gasteiger partial charge in [-0.15, -0.1) is 0 Å². The Bertz CT molecular complexity index is 1490. The highest BCUT2D eigenvalue weighted by Gasteiger charge is 2.40. The minimum absolute atomic E-state index is 0.0424. The highest BCUT2D eigenvalue weighted by atomic mass is 19.1. The molecule has 3 N–H and O–H groups in total. The molecule has 37 heavy (non-hydrogen) atoms. The molecular weight excluding hydrogens is 488 g/mol. The van der Waals surface area contributed by atoms with Crippen molar-refractivity contribution in [1.82, 2.24) is 34.8 Å². The maximum atomic E-state index is 14.3. The molecule has 1 aliphatic rings. The first-order valence-corrected chi connectivity index (χ1v) is 11.1. The van der Waals surface area contributed by atoms with Crippen LogP contribution in [-0.2, 0) is 16.1 Å². The Labute approximate surface area is 207 Å². The van der Waals surface area contributed by atoms with Crippen LogP contribution in [0.5, 0.6) is 0 Å². The number of amides is 3. The van der Waals surface area contributed by atoms with Gasteiger partial charge in [0.1, 0.15) is 18.8 Å². The summed E-state index contributed by atoms with van der Waals surface area (Å²) in [5.41, 5.74) is 7.42. The van der Waals surface area contributed by atoms with Gasteiger partial charge in [-0.3, -0.25) is 24.4 Å². The van der Waals surface area contributed by atoms with Crippen molar-refractivity contribution in [2.45, 2.75) is 25.2 Å². The molecule has 4 aromatic rings. The zero-order valence-electron chi connectivity index (χ0n) is 19.1. The highest BCUT2D eigenvalue weighted by Crippen LogP contribution is 2.27. The van der Waals surface area contributed by atoms with Crippen LogP contribution in [-0.4, -0.2) is 71.3 Å². The zero-order valence-corrected chi connectivity index (χ0v) is 19.1. The van der Waals surface area contributed by atoms with Crippen LogP contribution in [0.15, 0.2) is 49.1 Å². The minimum Gasteiger partial charge on any atom is -0.364 e. The molecule has 1 aliphatic heterocycles. The van der Waals surface area contributed by atoms with Crippen molar-refractivity contribution in [3.63, 3.8) is 0 Å². The number of likely N-dealkylation sites (tertiary alicyclic amines) is 1. The van der Waals surface area contributed by atoms with Crippen molar-refractivity contribution < 1.29 is 23.2 Å². The number of nitrogens with one attached hydrogen (secondary N) is 1. The molecule has 0 saturated carbocycles. The molecule has 4 heterocycles. The lowest BCUT2D eigenvalue weighted by molar-refractivity contribution is -0.137. The van der Waals surface area contributed by atoms with Crippen LogP contribution in [0.4, 0.5) is 14.7 Å². The molecule has 3 amide bonds. The third kappa shape index (κ3) is 4.80. The lowest BCUT2D eigenvalue weighted by Crippen LogP contribution is -2.44. The van der Waals surface area contributed by atoms with Gasteiger partial charge in [-0.1, -0.05) is 6.07 Å². The molecule has 0 spiro atoms. The summed E-state index contributed by atoms with van der Waals surface area (Å²) < 4.78 is 28.6. The fourth-order valence-electron chi connectivity index (χ4n) is 4.22. The number of anilines is 1.